The molecular formula is C12H20N2O. The molecule has 1 heterocycles. The molecule has 0 bridgehead atoms. The van der Waals surface area contributed by atoms with Crippen LogP contribution in [0.4, 0.5) is 0 Å². The van der Waals surface area contributed by atoms with Crippen LogP contribution in [-0.2, 0) is 13.1 Å². The van der Waals surface area contributed by atoms with Gasteiger partial charge in [-0.3, -0.25) is 4.90 Å². The van der Waals surface area contributed by atoms with E-state index in [2.05, 4.69) is 24.9 Å². The number of nitrogens with two attached hydrogens (primary N) is 1. The van der Waals surface area contributed by atoms with Crippen LogP contribution in [0, 0.1) is 6.92 Å². The van der Waals surface area contributed by atoms with Gasteiger partial charge in [0, 0.05) is 6.04 Å². The molecule has 0 atom stereocenters. The van der Waals surface area contributed by atoms with E-state index >= 15 is 0 Å². The average molecular weight is 208 g/mol. The number of furan rings is 1. The standard InChI is InChI=1S/C12H20N2O/c1-9-6-11(15-12(9)7-13)8-14(2)10-4-3-5-10/h6,10H,3-5,7-8,13H2,1-2H3. The van der Waals surface area contributed by atoms with E-state index in [9.17, 15) is 0 Å². The Bertz CT molecular complexity index is 328. The van der Waals surface area contributed by atoms with E-state index in [1.165, 1.54) is 24.8 Å². The molecule has 1 aromatic heterocycles. The number of aryl methyl sites for hydroxylation is 1. The summed E-state index contributed by atoms with van der Waals surface area (Å²) in [6.07, 6.45) is 4.04. The molecule has 0 aliphatic heterocycles. The highest BCUT2D eigenvalue weighted by atomic mass is 16.3. The van der Waals surface area contributed by atoms with E-state index in [1.807, 2.05) is 0 Å². The van der Waals surface area contributed by atoms with Gasteiger partial charge >= 0.3 is 0 Å². The Morgan fingerprint density at radius 1 is 1.53 bits per heavy atom. The Morgan fingerprint density at radius 3 is 2.73 bits per heavy atom. The molecule has 1 aliphatic carbocycles. The molecule has 1 fully saturated rings. The molecule has 0 unspecified atom stereocenters. The van der Waals surface area contributed by atoms with Gasteiger partial charge in [-0.25, -0.2) is 0 Å². The fraction of sp³-hybridized carbons (Fsp3) is 0.667. The molecule has 3 heteroatoms. The summed E-state index contributed by atoms with van der Waals surface area (Å²) in [7, 11) is 2.17. The van der Waals surface area contributed by atoms with E-state index in [0.717, 1.165) is 24.1 Å². The lowest BCUT2D eigenvalue weighted by Crippen LogP contribution is -2.36. The zero-order valence-corrected chi connectivity index (χ0v) is 9.62. The molecule has 3 nitrogen and oxygen atoms in total. The number of hydrogen-bond acceptors (Lipinski definition) is 3. The van der Waals surface area contributed by atoms with Crippen molar-refractivity contribution in [2.45, 2.75) is 45.3 Å². The van der Waals surface area contributed by atoms with E-state index in [0.29, 0.717) is 6.54 Å². The Morgan fingerprint density at radius 2 is 2.27 bits per heavy atom. The van der Waals surface area contributed by atoms with Gasteiger partial charge in [-0.1, -0.05) is 6.42 Å². The molecule has 84 valence electrons. The summed E-state index contributed by atoms with van der Waals surface area (Å²) in [5.41, 5.74) is 6.76. The molecular weight excluding hydrogens is 188 g/mol. The zero-order chi connectivity index (χ0) is 10.8. The van der Waals surface area contributed by atoms with Crippen molar-refractivity contribution in [3.05, 3.63) is 23.2 Å². The van der Waals surface area contributed by atoms with Crippen molar-refractivity contribution in [2.75, 3.05) is 7.05 Å². The molecule has 1 saturated carbocycles. The van der Waals surface area contributed by atoms with Crippen molar-refractivity contribution in [2.24, 2.45) is 5.73 Å². The maximum atomic E-state index is 5.69. The Balaban J connectivity index is 1.97. The summed E-state index contributed by atoms with van der Waals surface area (Å²) in [6, 6.07) is 2.87. The minimum absolute atomic E-state index is 0.499. The molecule has 1 aliphatic rings. The number of nitrogens with zero attached hydrogens (tertiary/aromatic N) is 1. The molecule has 15 heavy (non-hydrogen) atoms. The fourth-order valence-electron chi connectivity index (χ4n) is 2.07. The molecule has 2 rings (SSSR count). The predicted octanol–water partition coefficient (Wildman–Crippen LogP) is 2.03. The van der Waals surface area contributed by atoms with Crippen molar-refractivity contribution < 1.29 is 4.42 Å². The topological polar surface area (TPSA) is 42.4 Å². The summed E-state index contributed by atoms with van der Waals surface area (Å²) in [6.45, 7) is 3.46. The number of hydrogen-bond donors (Lipinski definition) is 1. The van der Waals surface area contributed by atoms with Crippen molar-refractivity contribution in [1.82, 2.24) is 4.90 Å². The summed E-state index contributed by atoms with van der Waals surface area (Å²) in [5, 5.41) is 0. The van der Waals surface area contributed by atoms with Crippen LogP contribution >= 0.6 is 0 Å². The lowest BCUT2D eigenvalue weighted by atomic mass is 9.92. The lowest BCUT2D eigenvalue weighted by Gasteiger charge is -2.34. The SMILES string of the molecule is Cc1cc(CN(C)C2CCC2)oc1CN. The summed E-state index contributed by atoms with van der Waals surface area (Å²) in [5.74, 6) is 1.97. The van der Waals surface area contributed by atoms with Crippen LogP contribution in [-0.4, -0.2) is 18.0 Å². The molecule has 0 radical (unpaired) electrons. The van der Waals surface area contributed by atoms with Crippen molar-refractivity contribution in [1.29, 1.82) is 0 Å². The normalized spacial score (nSPS) is 17.1. The van der Waals surface area contributed by atoms with E-state index in [4.69, 9.17) is 10.2 Å². The van der Waals surface area contributed by atoms with Gasteiger partial charge in [-0.2, -0.15) is 0 Å². The summed E-state index contributed by atoms with van der Waals surface area (Å²) < 4.78 is 5.69. The quantitative estimate of drug-likeness (QED) is 0.823. The van der Waals surface area contributed by atoms with Gasteiger partial charge in [-0.15, -0.1) is 0 Å². The van der Waals surface area contributed by atoms with Crippen LogP contribution in [0.2, 0.25) is 0 Å². The fourth-order valence-corrected chi connectivity index (χ4v) is 2.07. The van der Waals surface area contributed by atoms with Crippen LogP contribution in [0.3, 0.4) is 0 Å². The zero-order valence-electron chi connectivity index (χ0n) is 9.62. The number of rotatable bonds is 4. The highest BCUT2D eigenvalue weighted by Crippen LogP contribution is 2.25. The smallest absolute Gasteiger partial charge is 0.120 e. The lowest BCUT2D eigenvalue weighted by molar-refractivity contribution is 0.142. The van der Waals surface area contributed by atoms with Gasteiger partial charge in [0.15, 0.2) is 0 Å². The van der Waals surface area contributed by atoms with Crippen LogP contribution in [0.15, 0.2) is 10.5 Å². The first-order valence-corrected chi connectivity index (χ1v) is 5.69. The van der Waals surface area contributed by atoms with Gasteiger partial charge in [0.2, 0.25) is 0 Å². The van der Waals surface area contributed by atoms with Crippen LogP contribution in [0.5, 0.6) is 0 Å². The van der Waals surface area contributed by atoms with E-state index < -0.39 is 0 Å². The molecule has 0 spiro atoms. The second-order valence-electron chi connectivity index (χ2n) is 4.52. The molecule has 0 saturated heterocycles. The maximum absolute atomic E-state index is 5.69. The first kappa shape index (κ1) is 10.7. The van der Waals surface area contributed by atoms with Crippen LogP contribution in [0.25, 0.3) is 0 Å². The summed E-state index contributed by atoms with van der Waals surface area (Å²) in [4.78, 5) is 2.38. The van der Waals surface area contributed by atoms with Crippen molar-refractivity contribution in [3.63, 3.8) is 0 Å². The second kappa shape index (κ2) is 4.37. The third kappa shape index (κ3) is 2.24. The largest absolute Gasteiger partial charge is 0.463 e. The Kier molecular flexibility index (Phi) is 3.12. The van der Waals surface area contributed by atoms with Crippen LogP contribution < -0.4 is 5.73 Å². The first-order chi connectivity index (χ1) is 7.20. The molecule has 0 aromatic carbocycles. The molecule has 2 N–H and O–H groups in total. The van der Waals surface area contributed by atoms with E-state index in [-0.39, 0.29) is 0 Å². The summed E-state index contributed by atoms with van der Waals surface area (Å²) >= 11 is 0. The monoisotopic (exact) mass is 208 g/mol. The van der Waals surface area contributed by atoms with Gasteiger partial charge in [0.25, 0.3) is 0 Å². The average Bonchev–Trinajstić information content (AvgIpc) is 2.42. The third-order valence-electron chi connectivity index (χ3n) is 3.36. The highest BCUT2D eigenvalue weighted by molar-refractivity contribution is 5.19. The van der Waals surface area contributed by atoms with E-state index in [1.54, 1.807) is 0 Å². The molecule has 0 amide bonds. The van der Waals surface area contributed by atoms with Gasteiger partial charge in [-0.05, 0) is 38.4 Å². The van der Waals surface area contributed by atoms with Gasteiger partial charge in [0.1, 0.15) is 11.5 Å². The van der Waals surface area contributed by atoms with Crippen molar-refractivity contribution in [3.8, 4) is 0 Å². The van der Waals surface area contributed by atoms with Crippen LogP contribution in [0.1, 0.15) is 36.3 Å². The Labute approximate surface area is 91.2 Å². The second-order valence-corrected chi connectivity index (χ2v) is 4.52. The van der Waals surface area contributed by atoms with Gasteiger partial charge in [0.05, 0.1) is 13.1 Å². The Hall–Kier alpha value is -0.800. The van der Waals surface area contributed by atoms with Gasteiger partial charge < -0.3 is 10.2 Å². The molecule has 1 aromatic rings. The van der Waals surface area contributed by atoms with Crippen molar-refractivity contribution >= 4 is 0 Å². The highest BCUT2D eigenvalue weighted by Gasteiger charge is 2.22. The third-order valence-corrected chi connectivity index (χ3v) is 3.36. The first-order valence-electron chi connectivity index (χ1n) is 5.69. The maximum Gasteiger partial charge on any atom is 0.120 e. The minimum atomic E-state index is 0.499. The predicted molar refractivity (Wildman–Crippen MR) is 60.4 cm³/mol. The minimum Gasteiger partial charge on any atom is -0.463 e.